The molecular formula is C15H23N3O4. The molecule has 0 radical (unpaired) electrons. The summed E-state index contributed by atoms with van der Waals surface area (Å²) < 4.78 is 0. The van der Waals surface area contributed by atoms with Crippen molar-refractivity contribution >= 4 is 23.6 Å². The molecule has 0 aromatic heterocycles. The van der Waals surface area contributed by atoms with Crippen molar-refractivity contribution in [1.82, 2.24) is 15.5 Å². The molecule has 0 unspecified atom stereocenters. The first-order valence-corrected chi connectivity index (χ1v) is 7.93. The maximum Gasteiger partial charge on any atom is 0.239 e. The van der Waals surface area contributed by atoms with Crippen molar-refractivity contribution in [3.8, 4) is 0 Å². The summed E-state index contributed by atoms with van der Waals surface area (Å²) >= 11 is 0. The van der Waals surface area contributed by atoms with Crippen LogP contribution in [0.4, 0.5) is 0 Å². The minimum atomic E-state index is -0.332. The summed E-state index contributed by atoms with van der Waals surface area (Å²) in [4.78, 5) is 48.6. The predicted octanol–water partition coefficient (Wildman–Crippen LogP) is -0.196. The Hall–Kier alpha value is -1.92. The van der Waals surface area contributed by atoms with E-state index in [-0.39, 0.29) is 55.0 Å². The van der Waals surface area contributed by atoms with Gasteiger partial charge in [-0.05, 0) is 19.8 Å². The number of amides is 4. The van der Waals surface area contributed by atoms with E-state index in [9.17, 15) is 19.2 Å². The Kier molecular flexibility index (Phi) is 5.51. The van der Waals surface area contributed by atoms with E-state index in [0.717, 1.165) is 25.7 Å². The van der Waals surface area contributed by atoms with Gasteiger partial charge in [0.2, 0.25) is 23.6 Å². The second-order valence-electron chi connectivity index (χ2n) is 5.81. The largest absolute Gasteiger partial charge is 0.355 e. The molecule has 2 rings (SSSR count). The summed E-state index contributed by atoms with van der Waals surface area (Å²) in [6, 6.07) is 0. The third-order valence-electron chi connectivity index (χ3n) is 4.31. The van der Waals surface area contributed by atoms with Crippen molar-refractivity contribution in [1.29, 1.82) is 0 Å². The number of rotatable bonds is 6. The lowest BCUT2D eigenvalue weighted by atomic mass is 9.81. The first kappa shape index (κ1) is 16.5. The van der Waals surface area contributed by atoms with Gasteiger partial charge in [0.25, 0.3) is 0 Å². The van der Waals surface area contributed by atoms with E-state index in [1.807, 2.05) is 0 Å². The molecule has 1 saturated heterocycles. The quantitative estimate of drug-likeness (QED) is 0.664. The smallest absolute Gasteiger partial charge is 0.239 e. The van der Waals surface area contributed by atoms with E-state index in [0.29, 0.717) is 6.54 Å². The summed E-state index contributed by atoms with van der Waals surface area (Å²) in [6.45, 7) is 2.32. The minimum absolute atomic E-state index is 0.0380. The Labute approximate surface area is 129 Å². The zero-order valence-electron chi connectivity index (χ0n) is 12.9. The van der Waals surface area contributed by atoms with Crippen molar-refractivity contribution < 1.29 is 19.2 Å². The maximum atomic E-state index is 12.2. The molecule has 2 aliphatic rings. The molecule has 0 bridgehead atoms. The molecule has 1 saturated carbocycles. The highest BCUT2D eigenvalue weighted by molar-refractivity contribution is 6.05. The number of imide groups is 1. The Morgan fingerprint density at radius 1 is 1.05 bits per heavy atom. The van der Waals surface area contributed by atoms with E-state index < -0.39 is 0 Å². The standard InChI is InChI=1S/C15H23N3O4/c1-2-16-13(20)9-17-12(19)7-8-18-14(21)10-5-3-4-6-11(10)15(18)22/h10-11H,2-9H2,1H3,(H,16,20)(H,17,19)/t10-,11-/m1/s1. The average molecular weight is 309 g/mol. The van der Waals surface area contributed by atoms with Gasteiger partial charge in [-0.1, -0.05) is 12.8 Å². The van der Waals surface area contributed by atoms with Crippen LogP contribution in [0.25, 0.3) is 0 Å². The molecule has 122 valence electrons. The fraction of sp³-hybridized carbons (Fsp3) is 0.733. The lowest BCUT2D eigenvalue weighted by Gasteiger charge is -2.19. The molecule has 1 aliphatic carbocycles. The molecule has 4 amide bonds. The number of nitrogens with zero attached hydrogens (tertiary/aromatic N) is 1. The molecule has 1 heterocycles. The second kappa shape index (κ2) is 7.38. The van der Waals surface area contributed by atoms with Crippen molar-refractivity contribution in [2.45, 2.75) is 39.0 Å². The summed E-state index contributed by atoms with van der Waals surface area (Å²) in [5, 5.41) is 5.06. The maximum absolute atomic E-state index is 12.2. The van der Waals surface area contributed by atoms with Crippen LogP contribution in [0.15, 0.2) is 0 Å². The summed E-state index contributed by atoms with van der Waals surface area (Å²) in [5.74, 6) is -1.21. The fourth-order valence-electron chi connectivity index (χ4n) is 3.19. The van der Waals surface area contributed by atoms with Gasteiger partial charge in [0, 0.05) is 19.5 Å². The van der Waals surface area contributed by atoms with E-state index in [1.54, 1.807) is 6.92 Å². The Bertz CT molecular complexity index is 453. The van der Waals surface area contributed by atoms with Gasteiger partial charge in [-0.25, -0.2) is 0 Å². The number of carbonyl (C=O) groups is 4. The topological polar surface area (TPSA) is 95.6 Å². The van der Waals surface area contributed by atoms with Crippen LogP contribution in [0.3, 0.4) is 0 Å². The predicted molar refractivity (Wildman–Crippen MR) is 78.5 cm³/mol. The normalized spacial score (nSPS) is 24.1. The lowest BCUT2D eigenvalue weighted by Crippen LogP contribution is -2.39. The van der Waals surface area contributed by atoms with Crippen molar-refractivity contribution in [2.24, 2.45) is 11.8 Å². The van der Waals surface area contributed by atoms with Crippen LogP contribution < -0.4 is 10.6 Å². The lowest BCUT2D eigenvalue weighted by molar-refractivity contribution is -0.140. The van der Waals surface area contributed by atoms with Crippen LogP contribution in [0.2, 0.25) is 0 Å². The average Bonchev–Trinajstić information content (AvgIpc) is 2.76. The molecule has 2 N–H and O–H groups in total. The number of nitrogens with one attached hydrogen (secondary N) is 2. The van der Waals surface area contributed by atoms with Gasteiger partial charge < -0.3 is 10.6 Å². The Morgan fingerprint density at radius 3 is 2.18 bits per heavy atom. The van der Waals surface area contributed by atoms with Crippen molar-refractivity contribution in [3.05, 3.63) is 0 Å². The number of hydrogen-bond acceptors (Lipinski definition) is 4. The number of hydrogen-bond donors (Lipinski definition) is 2. The molecule has 2 atom stereocenters. The molecule has 7 heteroatoms. The van der Waals surface area contributed by atoms with Crippen molar-refractivity contribution in [2.75, 3.05) is 19.6 Å². The van der Waals surface area contributed by atoms with Crippen LogP contribution in [0.1, 0.15) is 39.0 Å². The van der Waals surface area contributed by atoms with Crippen LogP contribution in [0, 0.1) is 11.8 Å². The first-order valence-electron chi connectivity index (χ1n) is 7.93. The SMILES string of the molecule is CCNC(=O)CNC(=O)CCN1C(=O)[C@@H]2CCCC[C@H]2C1=O. The number of fused-ring (bicyclic) bond motifs is 1. The highest BCUT2D eigenvalue weighted by Gasteiger charge is 2.47. The Morgan fingerprint density at radius 2 is 1.64 bits per heavy atom. The third kappa shape index (κ3) is 3.64. The zero-order chi connectivity index (χ0) is 16.1. The van der Waals surface area contributed by atoms with Gasteiger partial charge in [0.05, 0.1) is 18.4 Å². The van der Waals surface area contributed by atoms with Gasteiger partial charge in [-0.3, -0.25) is 24.1 Å². The molecular weight excluding hydrogens is 286 g/mol. The molecule has 7 nitrogen and oxygen atoms in total. The summed E-state index contributed by atoms with van der Waals surface area (Å²) in [5.41, 5.74) is 0. The number of carbonyl (C=O) groups excluding carboxylic acids is 4. The molecule has 22 heavy (non-hydrogen) atoms. The third-order valence-corrected chi connectivity index (χ3v) is 4.31. The fourth-order valence-corrected chi connectivity index (χ4v) is 3.19. The number of likely N-dealkylation sites (N-methyl/N-ethyl adjacent to an activating group) is 1. The van der Waals surface area contributed by atoms with Gasteiger partial charge in [0.15, 0.2) is 0 Å². The summed E-state index contributed by atoms with van der Waals surface area (Å²) in [6.07, 6.45) is 3.56. The van der Waals surface area contributed by atoms with Crippen LogP contribution in [-0.4, -0.2) is 48.2 Å². The van der Waals surface area contributed by atoms with E-state index in [4.69, 9.17) is 0 Å². The van der Waals surface area contributed by atoms with Crippen molar-refractivity contribution in [3.63, 3.8) is 0 Å². The van der Waals surface area contributed by atoms with Gasteiger partial charge in [0.1, 0.15) is 0 Å². The van der Waals surface area contributed by atoms with E-state index >= 15 is 0 Å². The van der Waals surface area contributed by atoms with Gasteiger partial charge in [-0.15, -0.1) is 0 Å². The molecule has 1 aliphatic heterocycles. The highest BCUT2D eigenvalue weighted by Crippen LogP contribution is 2.37. The molecule has 0 aromatic carbocycles. The van der Waals surface area contributed by atoms with E-state index in [2.05, 4.69) is 10.6 Å². The van der Waals surface area contributed by atoms with Crippen LogP contribution in [-0.2, 0) is 19.2 Å². The minimum Gasteiger partial charge on any atom is -0.355 e. The van der Waals surface area contributed by atoms with Gasteiger partial charge in [-0.2, -0.15) is 0 Å². The monoisotopic (exact) mass is 309 g/mol. The molecule has 2 fully saturated rings. The highest BCUT2D eigenvalue weighted by atomic mass is 16.2. The van der Waals surface area contributed by atoms with Crippen LogP contribution >= 0.6 is 0 Å². The van der Waals surface area contributed by atoms with Crippen LogP contribution in [0.5, 0.6) is 0 Å². The number of likely N-dealkylation sites (tertiary alicyclic amines) is 1. The molecule has 0 aromatic rings. The zero-order valence-corrected chi connectivity index (χ0v) is 12.9. The molecule has 0 spiro atoms. The van der Waals surface area contributed by atoms with Gasteiger partial charge >= 0.3 is 0 Å². The second-order valence-corrected chi connectivity index (χ2v) is 5.81. The van der Waals surface area contributed by atoms with E-state index in [1.165, 1.54) is 4.90 Å². The first-order chi connectivity index (χ1) is 10.5. The Balaban J connectivity index is 1.79. The summed E-state index contributed by atoms with van der Waals surface area (Å²) in [7, 11) is 0.